The highest BCUT2D eigenvalue weighted by Gasteiger charge is 2.36. The highest BCUT2D eigenvalue weighted by Crippen LogP contribution is 2.33. The number of aromatic nitrogens is 1. The van der Waals surface area contributed by atoms with Gasteiger partial charge in [0.2, 0.25) is 0 Å². The van der Waals surface area contributed by atoms with Crippen LogP contribution in [0.5, 0.6) is 0 Å². The number of carbonyl (C=O) groups is 2. The molecule has 2 aromatic rings. The van der Waals surface area contributed by atoms with Crippen molar-refractivity contribution in [3.05, 3.63) is 40.9 Å². The summed E-state index contributed by atoms with van der Waals surface area (Å²) < 4.78 is 30.0. The molecule has 0 radical (unpaired) electrons. The number of amides is 1. The van der Waals surface area contributed by atoms with E-state index in [0.717, 1.165) is 11.3 Å². The Morgan fingerprint density at radius 3 is 2.63 bits per heavy atom. The molecule has 9 nitrogen and oxygen atoms in total. The van der Waals surface area contributed by atoms with E-state index >= 15 is 0 Å². The number of nitrogens with one attached hydrogen (secondary N) is 1. The number of benzene rings is 1. The van der Waals surface area contributed by atoms with Crippen LogP contribution in [-0.2, 0) is 24.2 Å². The van der Waals surface area contributed by atoms with E-state index in [4.69, 9.17) is 9.57 Å². The Kier molecular flexibility index (Phi) is 5.93. The van der Waals surface area contributed by atoms with Crippen LogP contribution >= 0.6 is 11.3 Å². The Bertz CT molecular complexity index is 1070. The zero-order valence-corrected chi connectivity index (χ0v) is 17.4. The van der Waals surface area contributed by atoms with Gasteiger partial charge in [-0.1, -0.05) is 28.6 Å². The monoisotopic (exact) mass is 449 g/mol. The van der Waals surface area contributed by atoms with Gasteiger partial charge in [0.05, 0.1) is 34.4 Å². The molecule has 1 saturated carbocycles. The van der Waals surface area contributed by atoms with Crippen molar-refractivity contribution >= 4 is 44.2 Å². The van der Waals surface area contributed by atoms with Crippen LogP contribution in [0.25, 0.3) is 0 Å². The maximum Gasteiger partial charge on any atom is 0.280 e. The highest BCUT2D eigenvalue weighted by molar-refractivity contribution is 7.92. The summed E-state index contributed by atoms with van der Waals surface area (Å²) in [6, 6.07) is 6.00. The molecule has 158 valence electrons. The summed E-state index contributed by atoms with van der Waals surface area (Å²) in [6.45, 7) is 0.940. The summed E-state index contributed by atoms with van der Waals surface area (Å²) in [5.41, 5.74) is 0.369. The zero-order valence-electron chi connectivity index (χ0n) is 15.8. The molecule has 4 rings (SSSR count). The molecule has 1 atom stereocenters. The molecule has 1 aromatic heterocycles. The number of hydrogen-bond donors (Lipinski definition) is 1. The molecule has 1 amide bonds. The van der Waals surface area contributed by atoms with Crippen molar-refractivity contribution in [3.8, 4) is 0 Å². The van der Waals surface area contributed by atoms with Crippen molar-refractivity contribution in [3.63, 3.8) is 0 Å². The first kappa shape index (κ1) is 20.6. The molecule has 2 heterocycles. The second-order valence-electron chi connectivity index (χ2n) is 6.94. The summed E-state index contributed by atoms with van der Waals surface area (Å²) in [7, 11) is -3.33. The summed E-state index contributed by atoms with van der Waals surface area (Å²) in [6.07, 6.45) is 3.74. The fourth-order valence-electron chi connectivity index (χ4n) is 2.88. The van der Waals surface area contributed by atoms with Gasteiger partial charge in [-0.3, -0.25) is 14.9 Å². The summed E-state index contributed by atoms with van der Waals surface area (Å²) in [4.78, 5) is 33.7. The van der Waals surface area contributed by atoms with Crippen LogP contribution in [0.15, 0.2) is 40.5 Å². The molecular formula is C19H19N3O6S2. The Hall–Kier alpha value is -2.63. The third-order valence-corrected chi connectivity index (χ3v) is 7.79. The number of hydrogen-bond acceptors (Lipinski definition) is 9. The molecule has 1 aromatic carbocycles. The Morgan fingerprint density at radius 1 is 1.27 bits per heavy atom. The lowest BCUT2D eigenvalue weighted by Gasteiger charge is -2.10. The van der Waals surface area contributed by atoms with Gasteiger partial charge in [-0.2, -0.15) is 0 Å². The van der Waals surface area contributed by atoms with Crippen molar-refractivity contribution in [2.24, 2.45) is 5.16 Å². The number of rotatable bonds is 8. The van der Waals surface area contributed by atoms with E-state index in [-0.39, 0.29) is 27.1 Å². The van der Waals surface area contributed by atoms with E-state index in [9.17, 15) is 18.0 Å². The quantitative estimate of drug-likeness (QED) is 0.371. The lowest BCUT2D eigenvalue weighted by molar-refractivity contribution is -0.110. The third kappa shape index (κ3) is 4.58. The van der Waals surface area contributed by atoms with Gasteiger partial charge in [0.1, 0.15) is 0 Å². The molecule has 0 unspecified atom stereocenters. The topological polar surface area (TPSA) is 124 Å². The van der Waals surface area contributed by atoms with E-state index in [1.54, 1.807) is 0 Å². The van der Waals surface area contributed by atoms with Gasteiger partial charge < -0.3 is 9.57 Å². The molecule has 30 heavy (non-hydrogen) atoms. The molecular weight excluding hydrogens is 430 g/mol. The van der Waals surface area contributed by atoms with Gasteiger partial charge in [-0.25, -0.2) is 13.4 Å². The highest BCUT2D eigenvalue weighted by atomic mass is 32.2. The van der Waals surface area contributed by atoms with Crippen LogP contribution < -0.4 is 5.32 Å². The van der Waals surface area contributed by atoms with Crippen molar-refractivity contribution in [2.75, 3.05) is 18.5 Å². The summed E-state index contributed by atoms with van der Waals surface area (Å²) >= 11 is 1.03. The smallest absolute Gasteiger partial charge is 0.280 e. The van der Waals surface area contributed by atoms with Gasteiger partial charge in [0.25, 0.3) is 5.91 Å². The number of ether oxygens (including phenoxy) is 1. The molecule has 1 aliphatic carbocycles. The van der Waals surface area contributed by atoms with E-state index < -0.39 is 15.7 Å². The minimum Gasteiger partial charge on any atom is -0.389 e. The van der Waals surface area contributed by atoms with Crippen LogP contribution in [0.4, 0.5) is 5.13 Å². The standard InChI is InChI=1S/C19H19N3O6S2/c23-10-14-9-20-19(29-14)21-18(24)17(22-28-13-7-8-27-11-13)12-1-3-15(4-2-12)30(25,26)16-5-6-16/h1-4,9-10,13,16H,5-8,11H2,(H,20,21,24)/b22-17+/t13-/m1/s1. The number of anilines is 1. The predicted molar refractivity (Wildman–Crippen MR) is 110 cm³/mol. The van der Waals surface area contributed by atoms with E-state index in [1.165, 1.54) is 30.5 Å². The Labute approximate surface area is 177 Å². The van der Waals surface area contributed by atoms with E-state index in [2.05, 4.69) is 15.5 Å². The summed E-state index contributed by atoms with van der Waals surface area (Å²) in [5.74, 6) is -0.585. The number of sulfone groups is 1. The fourth-order valence-corrected chi connectivity index (χ4v) is 5.16. The molecule has 0 bridgehead atoms. The molecule has 0 spiro atoms. The normalized spacial score (nSPS) is 19.5. The van der Waals surface area contributed by atoms with Crippen molar-refractivity contribution in [1.82, 2.24) is 4.98 Å². The largest absolute Gasteiger partial charge is 0.389 e. The van der Waals surface area contributed by atoms with Crippen LogP contribution in [0.1, 0.15) is 34.5 Å². The molecule has 1 N–H and O–H groups in total. The average molecular weight is 450 g/mol. The number of thiazole rings is 1. The lowest BCUT2D eigenvalue weighted by atomic mass is 10.1. The minimum absolute atomic E-state index is 0.0277. The van der Waals surface area contributed by atoms with Crippen LogP contribution in [0.3, 0.4) is 0 Å². The maximum atomic E-state index is 12.8. The molecule has 2 aliphatic rings. The zero-order chi connectivity index (χ0) is 21.1. The lowest BCUT2D eigenvalue weighted by Crippen LogP contribution is -2.25. The third-order valence-electron chi connectivity index (χ3n) is 4.68. The number of aldehydes is 1. The SMILES string of the molecule is O=Cc1cnc(NC(=O)/C(=N/O[C@@H]2CCOC2)c2ccc(S(=O)(=O)C3CC3)cc2)s1. The first-order valence-corrected chi connectivity index (χ1v) is 11.7. The van der Waals surface area contributed by atoms with Crippen molar-refractivity contribution in [2.45, 2.75) is 35.5 Å². The first-order valence-electron chi connectivity index (χ1n) is 9.35. The number of nitrogens with zero attached hydrogens (tertiary/aromatic N) is 2. The molecule has 11 heteroatoms. The predicted octanol–water partition coefficient (Wildman–Crippen LogP) is 2.04. The van der Waals surface area contributed by atoms with Crippen LogP contribution in [0.2, 0.25) is 0 Å². The Balaban J connectivity index is 1.58. The van der Waals surface area contributed by atoms with Gasteiger partial charge >= 0.3 is 0 Å². The first-order chi connectivity index (χ1) is 14.5. The number of carbonyl (C=O) groups excluding carboxylic acids is 2. The molecule has 1 aliphatic heterocycles. The average Bonchev–Trinajstić information content (AvgIpc) is 3.31. The van der Waals surface area contributed by atoms with Crippen LogP contribution in [0, 0.1) is 0 Å². The summed E-state index contributed by atoms with van der Waals surface area (Å²) in [5, 5.41) is 6.54. The van der Waals surface area contributed by atoms with E-state index in [1.807, 2.05) is 0 Å². The maximum absolute atomic E-state index is 12.8. The van der Waals surface area contributed by atoms with E-state index in [0.29, 0.717) is 49.2 Å². The van der Waals surface area contributed by atoms with Crippen molar-refractivity contribution < 1.29 is 27.6 Å². The second-order valence-corrected chi connectivity index (χ2v) is 10.2. The number of oxime groups is 1. The molecule has 2 fully saturated rings. The minimum atomic E-state index is -3.33. The molecule has 1 saturated heterocycles. The van der Waals surface area contributed by atoms with Gasteiger partial charge in [-0.15, -0.1) is 0 Å². The van der Waals surface area contributed by atoms with Gasteiger partial charge in [-0.05, 0) is 25.0 Å². The second kappa shape index (κ2) is 8.62. The van der Waals surface area contributed by atoms with Crippen LogP contribution in [-0.4, -0.2) is 55.9 Å². The Morgan fingerprint density at radius 2 is 2.03 bits per heavy atom. The fraction of sp³-hybridized carbons (Fsp3) is 0.368. The van der Waals surface area contributed by atoms with Gasteiger partial charge in [0.15, 0.2) is 33.1 Å². The van der Waals surface area contributed by atoms with Gasteiger partial charge in [0, 0.05) is 12.0 Å². The van der Waals surface area contributed by atoms with Crippen molar-refractivity contribution in [1.29, 1.82) is 0 Å².